The summed E-state index contributed by atoms with van der Waals surface area (Å²) in [7, 11) is 0. The van der Waals surface area contributed by atoms with Gasteiger partial charge in [-0.15, -0.1) is 11.8 Å². The smallest absolute Gasteiger partial charge is 0.278 e. The zero-order valence-electron chi connectivity index (χ0n) is 20.1. The van der Waals surface area contributed by atoms with Gasteiger partial charge < -0.3 is 30.9 Å². The van der Waals surface area contributed by atoms with Gasteiger partial charge in [-0.25, -0.2) is 4.57 Å². The second-order valence-corrected chi connectivity index (χ2v) is 10.9. The van der Waals surface area contributed by atoms with Crippen molar-refractivity contribution in [2.75, 3.05) is 11.5 Å². The Morgan fingerprint density at radius 3 is 2.68 bits per heavy atom. The van der Waals surface area contributed by atoms with Crippen molar-refractivity contribution in [3.8, 4) is 0 Å². The number of nitrogens with zero attached hydrogens (tertiary/aromatic N) is 5. The number of anilines is 1. The molecule has 5 rings (SSSR count). The van der Waals surface area contributed by atoms with E-state index in [0.717, 1.165) is 47.7 Å². The number of aliphatic hydroxyl groups excluding tert-OH is 1. The molecule has 0 aromatic carbocycles. The van der Waals surface area contributed by atoms with E-state index in [0.29, 0.717) is 11.3 Å². The Balaban J connectivity index is 1.32. The van der Waals surface area contributed by atoms with E-state index in [-0.39, 0.29) is 41.6 Å². The molecule has 2 aromatic heterocycles. The molecule has 2 aliphatic heterocycles. The van der Waals surface area contributed by atoms with E-state index >= 15 is 0 Å². The minimum Gasteiger partial charge on any atom is -0.543 e. The number of aliphatic carboxylic acids is 1. The van der Waals surface area contributed by atoms with E-state index in [4.69, 9.17) is 10.6 Å². The van der Waals surface area contributed by atoms with Crippen molar-refractivity contribution < 1.29 is 34.0 Å². The van der Waals surface area contributed by atoms with Gasteiger partial charge in [0.05, 0.1) is 18.3 Å². The van der Waals surface area contributed by atoms with Crippen molar-refractivity contribution in [2.45, 2.75) is 56.4 Å². The van der Waals surface area contributed by atoms with Crippen molar-refractivity contribution in [3.05, 3.63) is 47.2 Å². The maximum atomic E-state index is 13.2. The number of carbonyl (C=O) groups excluding carboxylic acids is 3. The van der Waals surface area contributed by atoms with Crippen molar-refractivity contribution in [1.29, 1.82) is 0 Å². The number of rotatable bonds is 9. The molecule has 0 radical (unpaired) electrons. The van der Waals surface area contributed by atoms with E-state index in [1.165, 1.54) is 11.8 Å². The number of hydrogen-bond acceptors (Lipinski definition) is 12. The zero-order valence-corrected chi connectivity index (χ0v) is 21.7. The Labute approximate surface area is 225 Å². The summed E-state index contributed by atoms with van der Waals surface area (Å²) >= 11 is 2.24. The monoisotopic (exact) mass is 559 g/mol. The number of thioether (sulfide) groups is 1. The van der Waals surface area contributed by atoms with Crippen LogP contribution >= 0.6 is 23.3 Å². The summed E-state index contributed by atoms with van der Waals surface area (Å²) < 4.78 is 5.81. The molecule has 13 nitrogen and oxygen atoms in total. The number of pyridine rings is 1. The number of carboxylic acids is 1. The number of nitrogens with two attached hydrogens (primary N) is 1. The summed E-state index contributed by atoms with van der Waals surface area (Å²) in [5, 5.41) is 27.5. The first-order chi connectivity index (χ1) is 18.4. The van der Waals surface area contributed by atoms with E-state index in [1.54, 1.807) is 29.1 Å². The van der Waals surface area contributed by atoms with Crippen LogP contribution in [0, 0.1) is 0 Å². The van der Waals surface area contributed by atoms with Gasteiger partial charge in [-0.2, -0.15) is 9.36 Å². The van der Waals surface area contributed by atoms with E-state index < -0.39 is 29.2 Å². The fourth-order valence-electron chi connectivity index (χ4n) is 4.56. The van der Waals surface area contributed by atoms with Crippen molar-refractivity contribution in [3.63, 3.8) is 0 Å². The van der Waals surface area contributed by atoms with Gasteiger partial charge in [0.15, 0.2) is 24.1 Å². The molecule has 4 heterocycles. The highest BCUT2D eigenvalue weighted by Crippen LogP contribution is 2.40. The number of aromatic nitrogens is 3. The van der Waals surface area contributed by atoms with Gasteiger partial charge in [0, 0.05) is 35.0 Å². The Kier molecular flexibility index (Phi) is 7.58. The highest BCUT2D eigenvalue weighted by Gasteiger charge is 2.53. The topological polar surface area (TPSA) is 187 Å². The maximum Gasteiger partial charge on any atom is 0.278 e. The number of carboxylic acid groups (broad SMARTS) is 1. The molecule has 200 valence electrons. The van der Waals surface area contributed by atoms with Crippen LogP contribution in [0.5, 0.6) is 0 Å². The maximum absolute atomic E-state index is 13.2. The molecule has 2 aromatic rings. The lowest BCUT2D eigenvalue weighted by atomic mass is 10.0. The number of hydrogen-bond donors (Lipinski definition) is 3. The molecule has 1 saturated carbocycles. The third kappa shape index (κ3) is 5.21. The zero-order chi connectivity index (χ0) is 26.8. The molecule has 15 heteroatoms. The van der Waals surface area contributed by atoms with E-state index in [9.17, 15) is 24.6 Å². The first-order valence-corrected chi connectivity index (χ1v) is 13.8. The van der Waals surface area contributed by atoms with Crippen molar-refractivity contribution >= 4 is 51.9 Å². The molecular weight excluding hydrogens is 534 g/mol. The van der Waals surface area contributed by atoms with E-state index in [2.05, 4.69) is 19.8 Å². The van der Waals surface area contributed by atoms with Crippen molar-refractivity contribution in [2.24, 2.45) is 5.16 Å². The third-order valence-electron chi connectivity index (χ3n) is 6.51. The van der Waals surface area contributed by atoms with Gasteiger partial charge in [-0.1, -0.05) is 5.16 Å². The normalized spacial score (nSPS) is 21.8. The highest BCUT2D eigenvalue weighted by molar-refractivity contribution is 8.00. The van der Waals surface area contributed by atoms with Gasteiger partial charge in [0.25, 0.3) is 11.8 Å². The first-order valence-electron chi connectivity index (χ1n) is 12.0. The van der Waals surface area contributed by atoms with Crippen LogP contribution in [0.25, 0.3) is 0 Å². The van der Waals surface area contributed by atoms with Crippen LogP contribution in [-0.2, 0) is 32.4 Å². The van der Waals surface area contributed by atoms with Crippen molar-refractivity contribution in [1.82, 2.24) is 19.6 Å². The number of carbonyl (C=O) groups is 3. The fourth-order valence-corrected chi connectivity index (χ4v) is 6.33. The van der Waals surface area contributed by atoms with Gasteiger partial charge in [0.1, 0.15) is 17.5 Å². The summed E-state index contributed by atoms with van der Waals surface area (Å²) in [4.78, 5) is 49.0. The second-order valence-electron chi connectivity index (χ2n) is 9.05. The number of amides is 2. The van der Waals surface area contributed by atoms with Crippen LogP contribution in [0.3, 0.4) is 0 Å². The molecule has 2 amide bonds. The minimum absolute atomic E-state index is 0.00947. The predicted octanol–water partition coefficient (Wildman–Crippen LogP) is -1.33. The van der Waals surface area contributed by atoms with Crippen LogP contribution in [0.1, 0.15) is 37.1 Å². The van der Waals surface area contributed by atoms with Crippen LogP contribution in [0.2, 0.25) is 0 Å². The Morgan fingerprint density at radius 1 is 1.32 bits per heavy atom. The van der Waals surface area contributed by atoms with Crippen LogP contribution < -0.4 is 20.7 Å². The second kappa shape index (κ2) is 11.0. The summed E-state index contributed by atoms with van der Waals surface area (Å²) in [6, 6.07) is 2.46. The number of nitrogens with one attached hydrogen (secondary N) is 1. The lowest BCUT2D eigenvalue weighted by Crippen LogP contribution is -2.71. The molecule has 2 fully saturated rings. The molecular formula is C23H25N7O6S2. The largest absolute Gasteiger partial charge is 0.543 e. The predicted molar refractivity (Wildman–Crippen MR) is 134 cm³/mol. The summed E-state index contributed by atoms with van der Waals surface area (Å²) in [6.07, 6.45) is 6.99. The molecule has 1 saturated heterocycles. The number of fused-ring (bicyclic) bond motifs is 1. The highest BCUT2D eigenvalue weighted by atomic mass is 32.2. The van der Waals surface area contributed by atoms with Gasteiger partial charge in [-0.05, 0) is 31.2 Å². The Morgan fingerprint density at radius 2 is 2.05 bits per heavy atom. The molecule has 1 aliphatic carbocycles. The van der Waals surface area contributed by atoms with Crippen LogP contribution in [-0.4, -0.2) is 66.1 Å². The number of aliphatic hydroxyl groups is 1. The SMILES string of the molecule is Nc1nc(C(=NOC2CCCC2)C(=O)NC2C(=O)N3C(C(=O)[O-])=C(C[n+]4ccc(CO)cc4)CS[C@H]23)ns1. The Hall–Kier alpha value is -3.56. The molecule has 0 bridgehead atoms. The van der Waals surface area contributed by atoms with Gasteiger partial charge in [0.2, 0.25) is 11.5 Å². The summed E-state index contributed by atoms with van der Waals surface area (Å²) in [5.41, 5.74) is 6.51. The third-order valence-corrected chi connectivity index (χ3v) is 8.39. The summed E-state index contributed by atoms with van der Waals surface area (Å²) in [5.74, 6) is -2.46. The molecule has 38 heavy (non-hydrogen) atoms. The molecule has 1 unspecified atom stereocenters. The lowest BCUT2D eigenvalue weighted by Gasteiger charge is -2.50. The quantitative estimate of drug-likeness (QED) is 0.144. The molecule has 0 spiro atoms. The molecule has 3 aliphatic rings. The van der Waals surface area contributed by atoms with E-state index in [1.807, 2.05) is 0 Å². The molecule has 2 atom stereocenters. The van der Waals surface area contributed by atoms with Crippen LogP contribution in [0.4, 0.5) is 5.13 Å². The summed E-state index contributed by atoms with van der Waals surface area (Å²) in [6.45, 7) is 0.119. The number of nitrogen functional groups attached to an aromatic ring is 1. The van der Waals surface area contributed by atoms with Gasteiger partial charge >= 0.3 is 0 Å². The minimum atomic E-state index is -1.47. The Bertz CT molecular complexity index is 1310. The molecule has 4 N–H and O–H groups in total. The van der Waals surface area contributed by atoms with Crippen LogP contribution in [0.15, 0.2) is 41.0 Å². The standard InChI is InChI=1S/C23H25N7O6S2/c24-23-26-18(28-38-23)15(27-36-14-3-1-2-4-14)19(32)25-16-20(33)30-17(22(34)35)13(11-37-21(16)30)9-29-7-5-12(10-31)6-8-29/h5-8,14,16,21,31H,1-4,9-11H2,(H3-,24,25,26,28,32,34,35)/t16?,21-/m1/s1. The number of oxime groups is 1. The average molecular weight is 560 g/mol. The number of β-lactam (4-membered cyclic amide) rings is 1. The first kappa shape index (κ1) is 26.1. The van der Waals surface area contributed by atoms with Gasteiger partial charge in [-0.3, -0.25) is 14.5 Å². The average Bonchev–Trinajstić information content (AvgIpc) is 3.59. The lowest BCUT2D eigenvalue weighted by molar-refractivity contribution is -0.689. The fraction of sp³-hybridized carbons (Fsp3) is 0.435.